The van der Waals surface area contributed by atoms with Crippen LogP contribution in [0.25, 0.3) is 5.69 Å². The fourth-order valence-corrected chi connectivity index (χ4v) is 2.70. The minimum atomic E-state index is -1.05. The van der Waals surface area contributed by atoms with E-state index in [1.807, 2.05) is 0 Å². The summed E-state index contributed by atoms with van der Waals surface area (Å²) in [6.07, 6.45) is 2.08. The summed E-state index contributed by atoms with van der Waals surface area (Å²) in [7, 11) is 2.82. The van der Waals surface area contributed by atoms with Gasteiger partial charge in [0.05, 0.1) is 16.4 Å². The fourth-order valence-electron chi connectivity index (χ4n) is 2.20. The van der Waals surface area contributed by atoms with Gasteiger partial charge in [-0.25, -0.2) is 4.68 Å². The van der Waals surface area contributed by atoms with Crippen LogP contribution >= 0.6 is 23.2 Å². The predicted molar refractivity (Wildman–Crippen MR) is 101 cm³/mol. The van der Waals surface area contributed by atoms with Gasteiger partial charge in [-0.05, 0) is 42.8 Å². The van der Waals surface area contributed by atoms with E-state index in [-0.39, 0.29) is 5.71 Å². The topological polar surface area (TPSA) is 88.7 Å². The summed E-state index contributed by atoms with van der Waals surface area (Å²) in [5.41, 5.74) is 1.51. The molecule has 0 aliphatic heterocycles. The zero-order valence-corrected chi connectivity index (χ0v) is 15.9. The number of aliphatic hydroxyl groups excluding tert-OH is 1. The minimum absolute atomic E-state index is 0.0641. The maximum absolute atomic E-state index is 11.8. The molecule has 1 heterocycles. The highest BCUT2D eigenvalue weighted by atomic mass is 35.5. The molecule has 0 spiro atoms. The predicted octanol–water partition coefficient (Wildman–Crippen LogP) is 2.91. The number of aliphatic hydroxyl groups is 1. The van der Waals surface area contributed by atoms with E-state index in [0.29, 0.717) is 27.0 Å². The van der Waals surface area contributed by atoms with Crippen LogP contribution in [-0.2, 0) is 9.63 Å². The molecular formula is C17H18Cl2N4O3. The van der Waals surface area contributed by atoms with Crippen molar-refractivity contribution in [3.63, 3.8) is 0 Å². The summed E-state index contributed by atoms with van der Waals surface area (Å²) in [6, 6.07) is 6.68. The standard InChI is InChI=1S/C17H18Cl2N4O3/c1-10(16(22-26-3)17(25)20-2)8-15(24)13-6-7-23(21-13)14-5-4-11(18)9-12(14)19/h4-9,15,24H,1-3H3,(H,20,25)/b10-8+,22-16+. The number of hydrogen-bond donors (Lipinski definition) is 2. The minimum Gasteiger partial charge on any atom is -0.398 e. The molecule has 2 rings (SSSR count). The number of nitrogens with one attached hydrogen (secondary N) is 1. The van der Waals surface area contributed by atoms with Gasteiger partial charge < -0.3 is 15.3 Å². The summed E-state index contributed by atoms with van der Waals surface area (Å²) < 4.78 is 1.53. The SMILES string of the molecule is CNC(=O)C(=N/OC)/C(C)=C/C(O)c1ccn(-c2ccc(Cl)cc2Cl)n1. The molecule has 1 unspecified atom stereocenters. The zero-order chi connectivity index (χ0) is 19.3. The molecule has 0 radical (unpaired) electrons. The maximum Gasteiger partial charge on any atom is 0.273 e. The molecule has 0 aliphatic carbocycles. The first-order valence-corrected chi connectivity index (χ1v) is 8.34. The van der Waals surface area contributed by atoms with Crippen LogP contribution in [0, 0.1) is 0 Å². The number of halogens is 2. The third kappa shape index (κ3) is 4.63. The Balaban J connectivity index is 2.28. The highest BCUT2D eigenvalue weighted by molar-refractivity contribution is 6.45. The second kappa shape index (κ2) is 8.84. The molecule has 2 aromatic rings. The molecular weight excluding hydrogens is 379 g/mol. The van der Waals surface area contributed by atoms with Crippen molar-refractivity contribution in [3.8, 4) is 5.69 Å². The third-order valence-electron chi connectivity index (χ3n) is 3.48. The largest absolute Gasteiger partial charge is 0.398 e. The third-order valence-corrected chi connectivity index (χ3v) is 4.01. The maximum atomic E-state index is 11.8. The first-order valence-electron chi connectivity index (χ1n) is 7.58. The Bertz CT molecular complexity index is 861. The van der Waals surface area contributed by atoms with Crippen molar-refractivity contribution in [1.82, 2.24) is 15.1 Å². The Hall–Kier alpha value is -2.35. The van der Waals surface area contributed by atoms with E-state index in [2.05, 4.69) is 20.4 Å². The lowest BCUT2D eigenvalue weighted by atomic mass is 10.1. The van der Waals surface area contributed by atoms with Crippen LogP contribution in [0.3, 0.4) is 0 Å². The molecule has 7 nitrogen and oxygen atoms in total. The molecule has 0 aliphatic rings. The van der Waals surface area contributed by atoms with E-state index < -0.39 is 12.0 Å². The number of aromatic nitrogens is 2. The molecule has 138 valence electrons. The van der Waals surface area contributed by atoms with Gasteiger partial charge in [-0.3, -0.25) is 4.79 Å². The number of carbonyl (C=O) groups excluding carboxylic acids is 1. The van der Waals surface area contributed by atoms with Crippen molar-refractivity contribution >= 4 is 34.8 Å². The van der Waals surface area contributed by atoms with Gasteiger partial charge in [-0.15, -0.1) is 0 Å². The summed E-state index contributed by atoms with van der Waals surface area (Å²) in [4.78, 5) is 16.5. The average molecular weight is 397 g/mol. The number of benzene rings is 1. The second-order valence-corrected chi connectivity index (χ2v) is 6.12. The highest BCUT2D eigenvalue weighted by Gasteiger charge is 2.16. The zero-order valence-electron chi connectivity index (χ0n) is 14.4. The van der Waals surface area contributed by atoms with E-state index >= 15 is 0 Å². The van der Waals surface area contributed by atoms with Gasteiger partial charge in [0.1, 0.15) is 13.2 Å². The first-order chi connectivity index (χ1) is 12.4. The molecule has 0 saturated carbocycles. The van der Waals surface area contributed by atoms with Crippen molar-refractivity contribution in [3.05, 3.63) is 57.9 Å². The Labute approximate surface area is 160 Å². The highest BCUT2D eigenvalue weighted by Crippen LogP contribution is 2.25. The Morgan fingerprint density at radius 1 is 1.42 bits per heavy atom. The lowest BCUT2D eigenvalue weighted by Crippen LogP contribution is -2.28. The average Bonchev–Trinajstić information content (AvgIpc) is 3.08. The quantitative estimate of drug-likeness (QED) is 0.580. The van der Waals surface area contributed by atoms with Crippen LogP contribution in [-0.4, -0.2) is 40.7 Å². The molecule has 0 bridgehead atoms. The lowest BCUT2D eigenvalue weighted by Gasteiger charge is -2.08. The van der Waals surface area contributed by atoms with Crippen molar-refractivity contribution < 1.29 is 14.7 Å². The molecule has 1 aromatic carbocycles. The fraction of sp³-hybridized carbons (Fsp3) is 0.235. The number of nitrogens with zero attached hydrogens (tertiary/aromatic N) is 3. The summed E-state index contributed by atoms with van der Waals surface area (Å²) in [5.74, 6) is -0.425. The molecule has 1 aromatic heterocycles. The number of amides is 1. The molecule has 26 heavy (non-hydrogen) atoms. The number of hydrogen-bond acceptors (Lipinski definition) is 5. The van der Waals surface area contributed by atoms with E-state index in [1.54, 1.807) is 37.4 Å². The van der Waals surface area contributed by atoms with Gasteiger partial charge >= 0.3 is 0 Å². The van der Waals surface area contributed by atoms with Crippen molar-refractivity contribution in [1.29, 1.82) is 0 Å². The first kappa shape index (κ1) is 20.0. The molecule has 1 atom stereocenters. The van der Waals surface area contributed by atoms with Crippen LogP contribution < -0.4 is 5.32 Å². The van der Waals surface area contributed by atoms with E-state index in [4.69, 9.17) is 23.2 Å². The smallest absolute Gasteiger partial charge is 0.273 e. The van der Waals surface area contributed by atoms with Crippen LogP contribution in [0.4, 0.5) is 0 Å². The number of oxime groups is 1. The normalized spacial score (nSPS) is 13.5. The summed E-state index contributed by atoms with van der Waals surface area (Å²) in [6.45, 7) is 1.64. The van der Waals surface area contributed by atoms with Gasteiger partial charge in [-0.1, -0.05) is 28.4 Å². The van der Waals surface area contributed by atoms with Gasteiger partial charge in [0.2, 0.25) is 0 Å². The van der Waals surface area contributed by atoms with E-state index in [9.17, 15) is 9.90 Å². The Morgan fingerprint density at radius 3 is 2.77 bits per heavy atom. The van der Waals surface area contributed by atoms with Crippen molar-refractivity contribution in [2.45, 2.75) is 13.0 Å². The molecule has 1 amide bonds. The summed E-state index contributed by atoms with van der Waals surface area (Å²) >= 11 is 12.1. The van der Waals surface area contributed by atoms with Crippen molar-refractivity contribution in [2.75, 3.05) is 14.2 Å². The van der Waals surface area contributed by atoms with Gasteiger partial charge in [0.25, 0.3) is 5.91 Å². The van der Waals surface area contributed by atoms with Crippen LogP contribution in [0.1, 0.15) is 18.7 Å². The molecule has 2 N–H and O–H groups in total. The molecule has 0 fully saturated rings. The van der Waals surface area contributed by atoms with Gasteiger partial charge in [-0.2, -0.15) is 5.10 Å². The van der Waals surface area contributed by atoms with Crippen LogP contribution in [0.5, 0.6) is 0 Å². The van der Waals surface area contributed by atoms with E-state index in [1.165, 1.54) is 24.9 Å². The Kier molecular flexibility index (Phi) is 6.79. The second-order valence-electron chi connectivity index (χ2n) is 5.28. The summed E-state index contributed by atoms with van der Waals surface area (Å²) in [5, 5.41) is 21.8. The monoisotopic (exact) mass is 396 g/mol. The van der Waals surface area contributed by atoms with E-state index in [0.717, 1.165) is 0 Å². The number of carbonyl (C=O) groups is 1. The van der Waals surface area contributed by atoms with Gasteiger partial charge in [0, 0.05) is 18.3 Å². The van der Waals surface area contributed by atoms with Crippen LogP contribution in [0.2, 0.25) is 10.0 Å². The molecule has 9 heteroatoms. The van der Waals surface area contributed by atoms with Gasteiger partial charge in [0.15, 0.2) is 5.71 Å². The number of rotatable bonds is 6. The molecule has 0 saturated heterocycles. The van der Waals surface area contributed by atoms with Crippen LogP contribution in [0.15, 0.2) is 47.3 Å². The Morgan fingerprint density at radius 2 is 2.15 bits per heavy atom. The van der Waals surface area contributed by atoms with Crippen molar-refractivity contribution in [2.24, 2.45) is 5.16 Å². The lowest BCUT2D eigenvalue weighted by molar-refractivity contribution is -0.114.